The van der Waals surface area contributed by atoms with Crippen molar-refractivity contribution in [2.45, 2.75) is 26.8 Å². The Morgan fingerprint density at radius 2 is 1.56 bits per heavy atom. The Labute approximate surface area is 198 Å². The summed E-state index contributed by atoms with van der Waals surface area (Å²) >= 11 is 0. The smallest absolute Gasteiger partial charge is 0.338 e. The molecule has 34 heavy (non-hydrogen) atoms. The molecule has 0 saturated heterocycles. The molecule has 1 aliphatic heterocycles. The van der Waals surface area contributed by atoms with Crippen molar-refractivity contribution in [2.75, 3.05) is 11.5 Å². The van der Waals surface area contributed by atoms with E-state index in [1.165, 1.54) is 0 Å². The maximum absolute atomic E-state index is 13.6. The number of fused-ring (bicyclic) bond motifs is 1. The lowest BCUT2D eigenvalue weighted by atomic mass is 9.95. The third-order valence-electron chi connectivity index (χ3n) is 6.14. The molecule has 0 radical (unpaired) electrons. The van der Waals surface area contributed by atoms with Crippen molar-refractivity contribution in [2.24, 2.45) is 0 Å². The van der Waals surface area contributed by atoms with Crippen molar-refractivity contribution in [1.82, 2.24) is 10.2 Å². The van der Waals surface area contributed by atoms with Crippen LogP contribution in [0.3, 0.4) is 0 Å². The molecule has 5 rings (SSSR count). The fourth-order valence-electron chi connectivity index (χ4n) is 4.38. The van der Waals surface area contributed by atoms with Crippen molar-refractivity contribution in [3.63, 3.8) is 0 Å². The minimum Gasteiger partial charge on any atom is -0.462 e. The third-order valence-corrected chi connectivity index (χ3v) is 6.14. The predicted molar refractivity (Wildman–Crippen MR) is 131 cm³/mol. The number of esters is 1. The second-order valence-corrected chi connectivity index (χ2v) is 8.48. The van der Waals surface area contributed by atoms with E-state index in [4.69, 9.17) is 4.74 Å². The number of aromatic nitrogens is 2. The van der Waals surface area contributed by atoms with Gasteiger partial charge >= 0.3 is 5.97 Å². The number of aromatic amines is 1. The molecule has 0 saturated carbocycles. The lowest BCUT2D eigenvalue weighted by molar-refractivity contribution is 0.0526. The van der Waals surface area contributed by atoms with Crippen LogP contribution < -0.4 is 4.90 Å². The number of amides is 1. The molecule has 4 aromatic rings. The van der Waals surface area contributed by atoms with Gasteiger partial charge in [0.25, 0.3) is 5.91 Å². The highest BCUT2D eigenvalue weighted by Gasteiger charge is 2.43. The molecule has 1 aliphatic rings. The molecule has 0 bridgehead atoms. The first-order chi connectivity index (χ1) is 16.5. The molecule has 0 unspecified atom stereocenters. The normalized spacial score (nSPS) is 14.9. The second-order valence-electron chi connectivity index (χ2n) is 8.48. The van der Waals surface area contributed by atoms with Gasteiger partial charge in [-0.1, -0.05) is 59.7 Å². The second kappa shape index (κ2) is 8.63. The zero-order chi connectivity index (χ0) is 23.8. The first kappa shape index (κ1) is 21.6. The Hall–Kier alpha value is -4.19. The minimum absolute atomic E-state index is 0.157. The molecular weight excluding hydrogens is 426 g/mol. The van der Waals surface area contributed by atoms with Gasteiger partial charge in [0.15, 0.2) is 0 Å². The van der Waals surface area contributed by atoms with Crippen LogP contribution in [0.2, 0.25) is 0 Å². The van der Waals surface area contributed by atoms with Crippen molar-refractivity contribution in [3.8, 4) is 11.3 Å². The van der Waals surface area contributed by atoms with E-state index in [-0.39, 0.29) is 17.9 Å². The SMILES string of the molecule is CCOC(=O)c1ccc(N2C(=O)c3[nH]nc(-c4ccc(C)cc4)c3[C@@H]2c2ccc(C)cc2)cc1. The summed E-state index contributed by atoms with van der Waals surface area (Å²) in [4.78, 5) is 27.5. The summed E-state index contributed by atoms with van der Waals surface area (Å²) in [5, 5.41) is 7.52. The standard InChI is InChI=1S/C28H25N3O3/c1-4-34-28(33)21-13-15-22(16-14-21)31-26(20-11-7-18(3)8-12-20)23-24(29-30-25(23)27(31)32)19-9-5-17(2)6-10-19/h5-16,26H,4H2,1-3H3,(H,29,30)/t26-/m0/s1. The van der Waals surface area contributed by atoms with Crippen molar-refractivity contribution in [3.05, 3.63) is 106 Å². The molecule has 1 amide bonds. The first-order valence-electron chi connectivity index (χ1n) is 11.3. The first-order valence-corrected chi connectivity index (χ1v) is 11.3. The number of hydrogen-bond donors (Lipinski definition) is 1. The fourth-order valence-corrected chi connectivity index (χ4v) is 4.38. The Kier molecular flexibility index (Phi) is 5.49. The van der Waals surface area contributed by atoms with Crippen molar-refractivity contribution >= 4 is 17.6 Å². The van der Waals surface area contributed by atoms with Gasteiger partial charge in [0, 0.05) is 16.8 Å². The zero-order valence-corrected chi connectivity index (χ0v) is 19.3. The number of ether oxygens (including phenoxy) is 1. The molecule has 170 valence electrons. The zero-order valence-electron chi connectivity index (χ0n) is 19.3. The van der Waals surface area contributed by atoms with Crippen LogP contribution in [0.1, 0.15) is 56.1 Å². The Balaban J connectivity index is 1.63. The molecule has 0 fully saturated rings. The number of H-pyrrole nitrogens is 1. The Morgan fingerprint density at radius 3 is 2.18 bits per heavy atom. The molecule has 2 heterocycles. The van der Waals surface area contributed by atoms with Crippen LogP contribution in [0.5, 0.6) is 0 Å². The highest BCUT2D eigenvalue weighted by atomic mass is 16.5. The number of nitrogens with zero attached hydrogens (tertiary/aromatic N) is 2. The summed E-state index contributed by atoms with van der Waals surface area (Å²) in [5.41, 5.74) is 7.49. The number of carbonyl (C=O) groups is 2. The maximum atomic E-state index is 13.6. The molecule has 6 heteroatoms. The number of rotatable bonds is 5. The van der Waals surface area contributed by atoms with Crippen LogP contribution in [0.15, 0.2) is 72.8 Å². The van der Waals surface area contributed by atoms with Crippen LogP contribution in [-0.2, 0) is 4.74 Å². The van der Waals surface area contributed by atoms with Gasteiger partial charge in [0.1, 0.15) is 5.69 Å². The predicted octanol–water partition coefficient (Wildman–Crippen LogP) is 5.62. The van der Waals surface area contributed by atoms with Gasteiger partial charge in [-0.2, -0.15) is 5.10 Å². The average Bonchev–Trinajstić information content (AvgIpc) is 3.39. The van der Waals surface area contributed by atoms with Gasteiger partial charge < -0.3 is 4.74 Å². The summed E-state index contributed by atoms with van der Waals surface area (Å²) in [5.74, 6) is -0.539. The highest BCUT2D eigenvalue weighted by molar-refractivity contribution is 6.12. The van der Waals surface area contributed by atoms with Gasteiger partial charge in [0.05, 0.1) is 23.9 Å². The lowest BCUT2D eigenvalue weighted by Gasteiger charge is -2.26. The molecule has 1 atom stereocenters. The molecule has 1 aromatic heterocycles. The van der Waals surface area contributed by atoms with Crippen LogP contribution >= 0.6 is 0 Å². The number of benzene rings is 3. The van der Waals surface area contributed by atoms with E-state index in [0.717, 1.165) is 33.5 Å². The Bertz CT molecular complexity index is 1350. The van der Waals surface area contributed by atoms with Crippen LogP contribution in [-0.4, -0.2) is 28.7 Å². The van der Waals surface area contributed by atoms with Crippen LogP contribution in [0, 0.1) is 13.8 Å². The fraction of sp³-hybridized carbons (Fsp3) is 0.179. The van der Waals surface area contributed by atoms with E-state index in [9.17, 15) is 9.59 Å². The van der Waals surface area contributed by atoms with E-state index in [1.54, 1.807) is 36.1 Å². The number of nitrogens with one attached hydrogen (secondary N) is 1. The average molecular weight is 452 g/mol. The van der Waals surface area contributed by atoms with Gasteiger partial charge in [-0.3, -0.25) is 14.8 Å². The van der Waals surface area contributed by atoms with Gasteiger partial charge in [-0.15, -0.1) is 0 Å². The van der Waals surface area contributed by atoms with E-state index in [1.807, 2.05) is 62.4 Å². The van der Waals surface area contributed by atoms with E-state index >= 15 is 0 Å². The quantitative estimate of drug-likeness (QED) is 0.400. The lowest BCUT2D eigenvalue weighted by Crippen LogP contribution is -2.29. The summed E-state index contributed by atoms with van der Waals surface area (Å²) in [7, 11) is 0. The van der Waals surface area contributed by atoms with E-state index in [0.29, 0.717) is 23.6 Å². The summed E-state index contributed by atoms with van der Waals surface area (Å²) in [6.45, 7) is 6.16. The van der Waals surface area contributed by atoms with Gasteiger partial charge in [-0.05, 0) is 50.6 Å². The molecule has 3 aromatic carbocycles. The molecule has 1 N–H and O–H groups in total. The van der Waals surface area contributed by atoms with E-state index in [2.05, 4.69) is 10.2 Å². The number of aryl methyl sites for hydroxylation is 2. The van der Waals surface area contributed by atoms with Crippen molar-refractivity contribution in [1.29, 1.82) is 0 Å². The summed E-state index contributed by atoms with van der Waals surface area (Å²) in [6.07, 6.45) is 0. The van der Waals surface area contributed by atoms with Crippen LogP contribution in [0.25, 0.3) is 11.3 Å². The summed E-state index contributed by atoms with van der Waals surface area (Å²) < 4.78 is 5.09. The molecular formula is C28H25N3O3. The molecule has 0 aliphatic carbocycles. The largest absolute Gasteiger partial charge is 0.462 e. The van der Waals surface area contributed by atoms with Gasteiger partial charge in [-0.25, -0.2) is 4.79 Å². The number of carbonyl (C=O) groups excluding carboxylic acids is 2. The molecule has 0 spiro atoms. The highest BCUT2D eigenvalue weighted by Crippen LogP contribution is 2.45. The van der Waals surface area contributed by atoms with Gasteiger partial charge in [0.2, 0.25) is 0 Å². The van der Waals surface area contributed by atoms with E-state index < -0.39 is 0 Å². The maximum Gasteiger partial charge on any atom is 0.338 e. The number of anilines is 1. The van der Waals surface area contributed by atoms with Crippen molar-refractivity contribution < 1.29 is 14.3 Å². The number of hydrogen-bond acceptors (Lipinski definition) is 4. The topological polar surface area (TPSA) is 75.3 Å². The molecule has 6 nitrogen and oxygen atoms in total. The monoisotopic (exact) mass is 451 g/mol. The summed E-state index contributed by atoms with van der Waals surface area (Å²) in [6, 6.07) is 22.9. The minimum atomic E-state index is -0.382. The third kappa shape index (κ3) is 3.67. The Morgan fingerprint density at radius 1 is 0.941 bits per heavy atom. The van der Waals surface area contributed by atoms with Crippen LogP contribution in [0.4, 0.5) is 5.69 Å².